The summed E-state index contributed by atoms with van der Waals surface area (Å²) in [5.74, 6) is 0. The zero-order chi connectivity index (χ0) is 10.5. The van der Waals surface area contributed by atoms with E-state index in [1.807, 2.05) is 12.3 Å². The highest BCUT2D eigenvalue weighted by Crippen LogP contribution is 2.20. The molecule has 2 N–H and O–H groups in total. The number of hydrogen-bond donors (Lipinski definition) is 2. The molecule has 0 radical (unpaired) electrons. The molecule has 78 valence electrons. The average molecular weight is 220 g/mol. The van der Waals surface area contributed by atoms with Crippen molar-refractivity contribution in [2.24, 2.45) is 0 Å². The molecular weight excluding hydrogens is 208 g/mol. The fourth-order valence-corrected chi connectivity index (χ4v) is 2.23. The predicted molar refractivity (Wildman–Crippen MR) is 61.8 cm³/mol. The zero-order valence-electron chi connectivity index (χ0n) is 8.18. The second-order valence-corrected chi connectivity index (χ2v) is 4.10. The fourth-order valence-electron chi connectivity index (χ4n) is 1.39. The van der Waals surface area contributed by atoms with Crippen LogP contribution in [-0.4, -0.2) is 21.7 Å². The number of aliphatic hydroxyl groups excluding tert-OH is 1. The standard InChI is InChI=1S/C11H12N2OS/c14-4-1-2-11-9(3-5-15-11)6-10-7-12-8-13-10/h1-3,5,7-8,14H,4,6H2,(H,12,13)/b2-1+. The molecule has 0 unspecified atom stereocenters. The number of aromatic nitrogens is 2. The minimum atomic E-state index is 0.0847. The van der Waals surface area contributed by atoms with E-state index >= 15 is 0 Å². The first-order chi connectivity index (χ1) is 7.40. The van der Waals surface area contributed by atoms with Crippen molar-refractivity contribution in [2.75, 3.05) is 6.61 Å². The normalized spacial score (nSPS) is 11.3. The molecule has 4 heteroatoms. The van der Waals surface area contributed by atoms with E-state index in [9.17, 15) is 0 Å². The molecule has 0 amide bonds. The first-order valence-electron chi connectivity index (χ1n) is 4.71. The summed E-state index contributed by atoms with van der Waals surface area (Å²) in [6.45, 7) is 0.0847. The Morgan fingerprint density at radius 1 is 1.53 bits per heavy atom. The van der Waals surface area contributed by atoms with Crippen LogP contribution in [0, 0.1) is 0 Å². The second-order valence-electron chi connectivity index (χ2n) is 3.15. The average Bonchev–Trinajstić information content (AvgIpc) is 2.87. The number of aromatic amines is 1. The van der Waals surface area contributed by atoms with Gasteiger partial charge in [-0.3, -0.25) is 0 Å². The van der Waals surface area contributed by atoms with Crippen LogP contribution >= 0.6 is 11.3 Å². The lowest BCUT2D eigenvalue weighted by atomic mass is 10.1. The molecule has 3 nitrogen and oxygen atoms in total. The van der Waals surface area contributed by atoms with E-state index in [4.69, 9.17) is 5.11 Å². The van der Waals surface area contributed by atoms with Crippen molar-refractivity contribution < 1.29 is 5.11 Å². The van der Waals surface area contributed by atoms with Crippen molar-refractivity contribution in [1.82, 2.24) is 9.97 Å². The summed E-state index contributed by atoms with van der Waals surface area (Å²) in [4.78, 5) is 8.26. The third kappa shape index (κ3) is 2.55. The van der Waals surface area contributed by atoms with Gasteiger partial charge in [0, 0.05) is 23.2 Å². The molecule has 0 aliphatic rings. The Morgan fingerprint density at radius 2 is 2.47 bits per heavy atom. The molecule has 2 aromatic heterocycles. The molecular formula is C11H12N2OS. The number of nitrogens with zero attached hydrogens (tertiary/aromatic N) is 1. The third-order valence-corrected chi connectivity index (χ3v) is 3.02. The van der Waals surface area contributed by atoms with Crippen LogP contribution in [0.1, 0.15) is 16.1 Å². The Bertz CT molecular complexity index is 431. The molecule has 2 aromatic rings. The van der Waals surface area contributed by atoms with Crippen molar-refractivity contribution in [3.8, 4) is 0 Å². The summed E-state index contributed by atoms with van der Waals surface area (Å²) in [6.07, 6.45) is 8.08. The van der Waals surface area contributed by atoms with Gasteiger partial charge in [-0.1, -0.05) is 6.08 Å². The summed E-state index contributed by atoms with van der Waals surface area (Å²) >= 11 is 1.68. The summed E-state index contributed by atoms with van der Waals surface area (Å²) < 4.78 is 0. The van der Waals surface area contributed by atoms with Crippen LogP contribution in [0.5, 0.6) is 0 Å². The molecule has 2 rings (SSSR count). The molecule has 0 aromatic carbocycles. The topological polar surface area (TPSA) is 48.9 Å². The Morgan fingerprint density at radius 3 is 3.20 bits per heavy atom. The van der Waals surface area contributed by atoms with Gasteiger partial charge in [0.15, 0.2) is 0 Å². The molecule has 0 saturated carbocycles. The summed E-state index contributed by atoms with van der Waals surface area (Å²) in [6, 6.07) is 2.10. The number of hydrogen-bond acceptors (Lipinski definition) is 3. The van der Waals surface area contributed by atoms with E-state index in [-0.39, 0.29) is 6.61 Å². The second kappa shape index (κ2) is 4.91. The van der Waals surface area contributed by atoms with Gasteiger partial charge in [0.2, 0.25) is 0 Å². The quantitative estimate of drug-likeness (QED) is 0.828. The molecule has 0 aliphatic carbocycles. The number of H-pyrrole nitrogens is 1. The van der Waals surface area contributed by atoms with E-state index in [0.717, 1.165) is 12.1 Å². The number of aliphatic hydroxyl groups is 1. The van der Waals surface area contributed by atoms with E-state index in [2.05, 4.69) is 21.4 Å². The van der Waals surface area contributed by atoms with E-state index in [0.29, 0.717) is 0 Å². The molecule has 2 heterocycles. The largest absolute Gasteiger partial charge is 0.392 e. The highest BCUT2D eigenvalue weighted by Gasteiger charge is 2.03. The lowest BCUT2D eigenvalue weighted by Crippen LogP contribution is -1.87. The van der Waals surface area contributed by atoms with Gasteiger partial charge < -0.3 is 10.1 Å². The zero-order valence-corrected chi connectivity index (χ0v) is 9.00. The molecule has 0 fully saturated rings. The molecule has 0 saturated heterocycles. The lowest BCUT2D eigenvalue weighted by molar-refractivity contribution is 0.343. The van der Waals surface area contributed by atoms with Gasteiger partial charge in [-0.05, 0) is 23.1 Å². The fraction of sp³-hybridized carbons (Fsp3) is 0.182. The Labute approximate surface area is 92.1 Å². The van der Waals surface area contributed by atoms with Crippen molar-refractivity contribution in [3.05, 3.63) is 46.2 Å². The molecule has 0 aliphatic heterocycles. The number of imidazole rings is 1. The molecule has 0 spiro atoms. The minimum Gasteiger partial charge on any atom is -0.392 e. The van der Waals surface area contributed by atoms with Crippen LogP contribution in [0.25, 0.3) is 6.08 Å². The van der Waals surface area contributed by atoms with Crippen LogP contribution in [0.15, 0.2) is 30.0 Å². The third-order valence-electron chi connectivity index (χ3n) is 2.09. The molecule has 15 heavy (non-hydrogen) atoms. The molecule has 0 bridgehead atoms. The maximum absolute atomic E-state index is 8.71. The Hall–Kier alpha value is -1.39. The Kier molecular flexibility index (Phi) is 3.32. The Balaban J connectivity index is 2.14. The predicted octanol–water partition coefficient (Wildman–Crippen LogP) is 2.07. The van der Waals surface area contributed by atoms with Crippen molar-refractivity contribution in [3.63, 3.8) is 0 Å². The van der Waals surface area contributed by atoms with Gasteiger partial charge in [0.25, 0.3) is 0 Å². The first kappa shape index (κ1) is 10.1. The lowest BCUT2D eigenvalue weighted by Gasteiger charge is -1.97. The van der Waals surface area contributed by atoms with E-state index in [1.165, 1.54) is 10.4 Å². The van der Waals surface area contributed by atoms with Gasteiger partial charge in [-0.2, -0.15) is 0 Å². The molecule has 0 atom stereocenters. The summed E-state index contributed by atoms with van der Waals surface area (Å²) in [5.41, 5.74) is 2.36. The summed E-state index contributed by atoms with van der Waals surface area (Å²) in [7, 11) is 0. The highest BCUT2D eigenvalue weighted by atomic mass is 32.1. The number of rotatable bonds is 4. The van der Waals surface area contributed by atoms with E-state index < -0.39 is 0 Å². The first-order valence-corrected chi connectivity index (χ1v) is 5.59. The van der Waals surface area contributed by atoms with Gasteiger partial charge in [-0.25, -0.2) is 4.98 Å². The van der Waals surface area contributed by atoms with Crippen LogP contribution in [0.2, 0.25) is 0 Å². The monoisotopic (exact) mass is 220 g/mol. The highest BCUT2D eigenvalue weighted by molar-refractivity contribution is 7.11. The summed E-state index contributed by atoms with van der Waals surface area (Å²) in [5, 5.41) is 10.8. The van der Waals surface area contributed by atoms with Crippen molar-refractivity contribution in [2.45, 2.75) is 6.42 Å². The van der Waals surface area contributed by atoms with Crippen LogP contribution < -0.4 is 0 Å². The van der Waals surface area contributed by atoms with Gasteiger partial charge in [-0.15, -0.1) is 11.3 Å². The van der Waals surface area contributed by atoms with Crippen LogP contribution in [0.3, 0.4) is 0 Å². The van der Waals surface area contributed by atoms with Crippen LogP contribution in [-0.2, 0) is 6.42 Å². The van der Waals surface area contributed by atoms with Gasteiger partial charge >= 0.3 is 0 Å². The van der Waals surface area contributed by atoms with E-state index in [1.54, 1.807) is 23.7 Å². The van der Waals surface area contributed by atoms with Gasteiger partial charge in [0.1, 0.15) is 0 Å². The van der Waals surface area contributed by atoms with Crippen molar-refractivity contribution in [1.29, 1.82) is 0 Å². The van der Waals surface area contributed by atoms with Gasteiger partial charge in [0.05, 0.1) is 12.9 Å². The minimum absolute atomic E-state index is 0.0847. The number of nitrogens with one attached hydrogen (secondary N) is 1. The smallest absolute Gasteiger partial charge is 0.0921 e. The maximum Gasteiger partial charge on any atom is 0.0921 e. The SMILES string of the molecule is OC/C=C/c1sccc1Cc1cnc[nH]1. The number of thiophene rings is 1. The van der Waals surface area contributed by atoms with Crippen molar-refractivity contribution >= 4 is 17.4 Å². The van der Waals surface area contributed by atoms with Crippen LogP contribution in [0.4, 0.5) is 0 Å². The maximum atomic E-state index is 8.71.